The second-order valence-electron chi connectivity index (χ2n) is 17.2. The Kier molecular flexibility index (Phi) is 48.4. The molecule has 0 aliphatic heterocycles. The van der Waals surface area contributed by atoms with Crippen molar-refractivity contribution in [3.8, 4) is 0 Å². The molecule has 1 atom stereocenters. The Morgan fingerprint density at radius 1 is 0.390 bits per heavy atom. The number of unbranched alkanes of at least 4 members (excludes halogenated alkanes) is 31. The molecular formula is C54H98O5. The van der Waals surface area contributed by atoms with E-state index >= 15 is 0 Å². The van der Waals surface area contributed by atoms with E-state index in [-0.39, 0.29) is 25.2 Å². The highest BCUT2D eigenvalue weighted by Gasteiger charge is 2.16. The molecular weight excluding hydrogens is 729 g/mol. The molecule has 0 amide bonds. The molecule has 5 heteroatoms. The van der Waals surface area contributed by atoms with E-state index in [0.29, 0.717) is 12.8 Å². The lowest BCUT2D eigenvalue weighted by Crippen LogP contribution is -2.28. The molecule has 0 heterocycles. The van der Waals surface area contributed by atoms with Crippen LogP contribution in [0.5, 0.6) is 0 Å². The highest BCUT2D eigenvalue weighted by atomic mass is 16.6. The van der Waals surface area contributed by atoms with Crippen molar-refractivity contribution in [3.63, 3.8) is 0 Å². The topological polar surface area (TPSA) is 72.8 Å². The summed E-state index contributed by atoms with van der Waals surface area (Å²) < 4.78 is 10.7. The smallest absolute Gasteiger partial charge is 0.306 e. The molecule has 0 aliphatic carbocycles. The first-order valence-corrected chi connectivity index (χ1v) is 25.7. The fraction of sp³-hybridized carbons (Fsp3) is 0.815. The maximum Gasteiger partial charge on any atom is 0.306 e. The van der Waals surface area contributed by atoms with Gasteiger partial charge in [-0.15, -0.1) is 0 Å². The number of hydrogen-bond acceptors (Lipinski definition) is 5. The third kappa shape index (κ3) is 48.4. The van der Waals surface area contributed by atoms with Crippen LogP contribution in [-0.4, -0.2) is 36.4 Å². The minimum atomic E-state index is -0.774. The molecule has 0 saturated carbocycles. The number of ether oxygens (including phenoxy) is 2. The van der Waals surface area contributed by atoms with E-state index in [9.17, 15) is 14.7 Å². The van der Waals surface area contributed by atoms with E-state index in [1.165, 1.54) is 180 Å². The second kappa shape index (κ2) is 50.2. The van der Waals surface area contributed by atoms with Gasteiger partial charge in [0.1, 0.15) is 6.61 Å². The van der Waals surface area contributed by atoms with Gasteiger partial charge in [-0.25, -0.2) is 0 Å². The van der Waals surface area contributed by atoms with E-state index < -0.39 is 6.10 Å². The fourth-order valence-electron chi connectivity index (χ4n) is 7.44. The SMILES string of the molecule is CCCCCCC/C=C\C/C=C\C/C=C\CCCCCCCCCCCCCCCCCCC(=O)OC(CO)COC(=O)CCCCCCC/C=C\CCCCCCC. The van der Waals surface area contributed by atoms with Crippen LogP contribution in [0, 0.1) is 0 Å². The number of esters is 2. The summed E-state index contributed by atoms with van der Waals surface area (Å²) in [4.78, 5) is 24.4. The third-order valence-corrected chi connectivity index (χ3v) is 11.3. The molecule has 5 nitrogen and oxygen atoms in total. The van der Waals surface area contributed by atoms with Gasteiger partial charge in [-0.3, -0.25) is 9.59 Å². The van der Waals surface area contributed by atoms with E-state index in [4.69, 9.17) is 9.47 Å². The molecule has 0 aromatic heterocycles. The summed E-state index contributed by atoms with van der Waals surface area (Å²) in [7, 11) is 0. The van der Waals surface area contributed by atoms with Crippen molar-refractivity contribution in [1.82, 2.24) is 0 Å². The van der Waals surface area contributed by atoms with Crippen LogP contribution in [0.15, 0.2) is 48.6 Å². The maximum atomic E-state index is 12.3. The van der Waals surface area contributed by atoms with Crippen molar-refractivity contribution >= 4 is 11.9 Å². The van der Waals surface area contributed by atoms with Gasteiger partial charge in [0.05, 0.1) is 6.61 Å². The fourth-order valence-corrected chi connectivity index (χ4v) is 7.44. The summed E-state index contributed by atoms with van der Waals surface area (Å²) in [6, 6.07) is 0. The van der Waals surface area contributed by atoms with Crippen molar-refractivity contribution in [2.24, 2.45) is 0 Å². The van der Waals surface area contributed by atoms with Gasteiger partial charge in [-0.2, -0.15) is 0 Å². The van der Waals surface area contributed by atoms with Crippen molar-refractivity contribution in [2.45, 2.75) is 270 Å². The monoisotopic (exact) mass is 827 g/mol. The van der Waals surface area contributed by atoms with Gasteiger partial charge in [0, 0.05) is 12.8 Å². The molecule has 0 saturated heterocycles. The summed E-state index contributed by atoms with van der Waals surface area (Å²) >= 11 is 0. The minimum Gasteiger partial charge on any atom is -0.462 e. The summed E-state index contributed by atoms with van der Waals surface area (Å²) in [5, 5.41) is 9.61. The number of carbonyl (C=O) groups is 2. The minimum absolute atomic E-state index is 0.0682. The van der Waals surface area contributed by atoms with E-state index in [2.05, 4.69) is 62.5 Å². The molecule has 0 fully saturated rings. The zero-order chi connectivity index (χ0) is 42.8. The first-order valence-electron chi connectivity index (χ1n) is 25.7. The molecule has 344 valence electrons. The van der Waals surface area contributed by atoms with Crippen LogP contribution in [0.25, 0.3) is 0 Å². The molecule has 0 aromatic carbocycles. The Morgan fingerprint density at radius 3 is 1.03 bits per heavy atom. The van der Waals surface area contributed by atoms with Gasteiger partial charge in [-0.05, 0) is 77.0 Å². The average molecular weight is 827 g/mol. The summed E-state index contributed by atoms with van der Waals surface area (Å²) in [5.41, 5.74) is 0. The Morgan fingerprint density at radius 2 is 0.678 bits per heavy atom. The predicted molar refractivity (Wildman–Crippen MR) is 256 cm³/mol. The van der Waals surface area contributed by atoms with Crippen LogP contribution >= 0.6 is 0 Å². The number of allylic oxidation sites excluding steroid dienone is 8. The van der Waals surface area contributed by atoms with Crippen molar-refractivity contribution < 1.29 is 24.2 Å². The van der Waals surface area contributed by atoms with Crippen molar-refractivity contribution in [1.29, 1.82) is 0 Å². The van der Waals surface area contributed by atoms with Crippen LogP contribution in [0.3, 0.4) is 0 Å². The van der Waals surface area contributed by atoms with Gasteiger partial charge in [0.25, 0.3) is 0 Å². The van der Waals surface area contributed by atoms with Gasteiger partial charge in [0.2, 0.25) is 0 Å². The highest BCUT2D eigenvalue weighted by Crippen LogP contribution is 2.16. The second-order valence-corrected chi connectivity index (χ2v) is 17.2. The molecule has 0 aliphatic rings. The first kappa shape index (κ1) is 56.9. The number of carbonyl (C=O) groups excluding carboxylic acids is 2. The first-order chi connectivity index (χ1) is 29.1. The summed E-state index contributed by atoms with van der Waals surface area (Å²) in [6.07, 6.45) is 65.0. The molecule has 59 heavy (non-hydrogen) atoms. The molecule has 1 N–H and O–H groups in total. The lowest BCUT2D eigenvalue weighted by Gasteiger charge is -2.15. The largest absolute Gasteiger partial charge is 0.462 e. The third-order valence-electron chi connectivity index (χ3n) is 11.3. The van der Waals surface area contributed by atoms with Gasteiger partial charge >= 0.3 is 11.9 Å². The predicted octanol–water partition coefficient (Wildman–Crippen LogP) is 16.9. The van der Waals surface area contributed by atoms with Crippen LogP contribution in [0.1, 0.15) is 264 Å². The van der Waals surface area contributed by atoms with Crippen LogP contribution in [0.4, 0.5) is 0 Å². The van der Waals surface area contributed by atoms with Crippen molar-refractivity contribution in [3.05, 3.63) is 48.6 Å². The average Bonchev–Trinajstić information content (AvgIpc) is 3.24. The standard InChI is InChI=1S/C54H98O5/c1-3-5-7-9-11-13-15-17-19-20-21-22-23-24-25-26-27-28-29-30-31-32-33-34-35-37-39-41-43-45-47-49-54(57)59-52(50-55)51-58-53(56)48-46-44-42-40-38-36-18-16-14-12-10-8-6-4-2/h15-18,20-21,23-24,52,55H,3-14,19,22,25-51H2,1-2H3/b17-15-,18-16-,21-20-,24-23-. The Bertz CT molecular complexity index is 981. The molecule has 0 radical (unpaired) electrons. The molecule has 0 rings (SSSR count). The number of aliphatic hydroxyl groups excluding tert-OH is 1. The Labute approximate surface area is 367 Å². The molecule has 1 unspecified atom stereocenters. The van der Waals surface area contributed by atoms with Crippen LogP contribution < -0.4 is 0 Å². The van der Waals surface area contributed by atoms with E-state index in [1.54, 1.807) is 0 Å². The highest BCUT2D eigenvalue weighted by molar-refractivity contribution is 5.70. The number of rotatable bonds is 47. The Balaban J connectivity index is 3.46. The molecule has 0 spiro atoms. The van der Waals surface area contributed by atoms with Crippen LogP contribution in [0.2, 0.25) is 0 Å². The lowest BCUT2D eigenvalue weighted by molar-refractivity contribution is -0.161. The zero-order valence-corrected chi connectivity index (χ0v) is 39.3. The van der Waals surface area contributed by atoms with E-state index in [0.717, 1.165) is 57.8 Å². The quantitative estimate of drug-likeness (QED) is 0.0376. The lowest BCUT2D eigenvalue weighted by atomic mass is 10.0. The normalized spacial score (nSPS) is 12.5. The molecule has 0 bridgehead atoms. The number of aliphatic hydroxyl groups is 1. The van der Waals surface area contributed by atoms with Gasteiger partial charge < -0.3 is 14.6 Å². The van der Waals surface area contributed by atoms with Gasteiger partial charge in [-0.1, -0.05) is 223 Å². The zero-order valence-electron chi connectivity index (χ0n) is 39.3. The summed E-state index contributed by atoms with van der Waals surface area (Å²) in [5.74, 6) is -0.593. The van der Waals surface area contributed by atoms with E-state index in [1.807, 2.05) is 0 Å². The van der Waals surface area contributed by atoms with Crippen molar-refractivity contribution in [2.75, 3.05) is 13.2 Å². The van der Waals surface area contributed by atoms with Gasteiger partial charge in [0.15, 0.2) is 6.10 Å². The maximum absolute atomic E-state index is 12.3. The van der Waals surface area contributed by atoms with Crippen LogP contribution in [-0.2, 0) is 19.1 Å². The summed E-state index contributed by atoms with van der Waals surface area (Å²) in [6.45, 7) is 4.13. The number of hydrogen-bond donors (Lipinski definition) is 1. The molecule has 0 aromatic rings. The Hall–Kier alpha value is -2.14.